The van der Waals surface area contributed by atoms with Gasteiger partial charge in [0.25, 0.3) is 0 Å². The molecular formula is C12H16Ti. The molecule has 0 amide bonds. The van der Waals surface area contributed by atoms with Crippen LogP contribution < -0.4 is 0 Å². The van der Waals surface area contributed by atoms with Gasteiger partial charge in [0.15, 0.2) is 0 Å². The minimum atomic E-state index is 0. The first kappa shape index (κ1) is 15.0. The Bertz CT molecular complexity index is 208. The van der Waals surface area contributed by atoms with Crippen molar-refractivity contribution in [3.63, 3.8) is 0 Å². The molecule has 0 heterocycles. The Hall–Kier alpha value is -0.456. The minimum absolute atomic E-state index is 0. The molecule has 1 aromatic carbocycles. The molecule has 0 aromatic heterocycles. The fourth-order valence-corrected chi connectivity index (χ4v) is 0.776. The van der Waals surface area contributed by atoms with Crippen LogP contribution in [0, 0.1) is 6.58 Å². The Kier molecular flexibility index (Phi) is 11.1. The molecule has 0 saturated carbocycles. The molecule has 0 N–H and O–H groups in total. The van der Waals surface area contributed by atoms with E-state index in [4.69, 9.17) is 6.58 Å². The number of hydrogen-bond acceptors (Lipinski definition) is 0. The Balaban J connectivity index is 0. The Morgan fingerprint density at radius 3 is 1.69 bits per heavy atom. The van der Waals surface area contributed by atoms with Gasteiger partial charge in [0.05, 0.1) is 0 Å². The first-order valence-electron chi connectivity index (χ1n) is 4.03. The smallest absolute Gasteiger partial charge is 0.290 e. The van der Waals surface area contributed by atoms with Gasteiger partial charge in [0, 0.05) is 0 Å². The van der Waals surface area contributed by atoms with Crippen molar-refractivity contribution in [1.29, 1.82) is 0 Å². The van der Waals surface area contributed by atoms with E-state index in [2.05, 4.69) is 0 Å². The molecule has 0 unspecified atom stereocenters. The van der Waals surface area contributed by atoms with Crippen LogP contribution in [0.3, 0.4) is 0 Å². The topological polar surface area (TPSA) is 0 Å². The second-order valence-corrected chi connectivity index (χ2v) is 2.93. The van der Waals surface area contributed by atoms with Gasteiger partial charge in [-0.25, -0.2) is 23.8 Å². The van der Waals surface area contributed by atoms with E-state index in [0.29, 0.717) is 0 Å². The Morgan fingerprint density at radius 2 is 1.62 bits per heavy atom. The Morgan fingerprint density at radius 1 is 1.15 bits per heavy atom. The van der Waals surface area contributed by atoms with Gasteiger partial charge >= 0.3 is 21.7 Å². The molecule has 0 radical (unpaired) electrons. The molecule has 1 rings (SSSR count). The molecule has 0 fully saturated rings. The van der Waals surface area contributed by atoms with Gasteiger partial charge in [0.2, 0.25) is 0 Å². The average Bonchev–Trinajstić information content (AvgIpc) is 2.36. The molecule has 0 aliphatic carbocycles. The van der Waals surface area contributed by atoms with E-state index in [1.807, 2.05) is 57.2 Å². The summed E-state index contributed by atoms with van der Waals surface area (Å²) in [6, 6.07) is 10.0. The second-order valence-electron chi connectivity index (χ2n) is 2.93. The maximum absolute atomic E-state index is 5.33. The van der Waals surface area contributed by atoms with Crippen LogP contribution in [0.2, 0.25) is 0 Å². The molecule has 1 heteroatoms. The quantitative estimate of drug-likeness (QED) is 0.374. The van der Waals surface area contributed by atoms with Crippen molar-refractivity contribution in [2.24, 2.45) is 0 Å². The second kappa shape index (κ2) is 9.63. The average molecular weight is 208 g/mol. The van der Waals surface area contributed by atoms with Crippen LogP contribution in [0.5, 0.6) is 0 Å². The molecule has 0 aliphatic heterocycles. The predicted molar refractivity (Wildman–Crippen MR) is 55.0 cm³/mol. The van der Waals surface area contributed by atoms with Crippen LogP contribution in [0.4, 0.5) is 0 Å². The van der Waals surface area contributed by atoms with Crippen molar-refractivity contribution < 1.29 is 21.7 Å². The van der Waals surface area contributed by atoms with Crippen molar-refractivity contribution in [3.05, 3.63) is 54.1 Å². The predicted octanol–water partition coefficient (Wildman–Crippen LogP) is 3.73. The minimum Gasteiger partial charge on any atom is -0.290 e. The van der Waals surface area contributed by atoms with E-state index in [1.54, 1.807) is 0 Å². The van der Waals surface area contributed by atoms with Crippen LogP contribution >= 0.6 is 0 Å². The standard InChI is InChI=1S/C7H11.C5H5.Ti/c1-6(2)5-7(3)4;1-2-4-5-3-1;/h1,5H,2-4H3;1-5H;/q2*-1;+2. The summed E-state index contributed by atoms with van der Waals surface area (Å²) in [6.07, 6.45) is 1.94. The molecule has 0 bridgehead atoms. The molecule has 0 aliphatic rings. The molecule has 0 nitrogen and oxygen atoms in total. The summed E-state index contributed by atoms with van der Waals surface area (Å²) >= 11 is 0. The van der Waals surface area contributed by atoms with Gasteiger partial charge < -0.3 is 0 Å². The number of hydrogen-bond donors (Lipinski definition) is 0. The van der Waals surface area contributed by atoms with Gasteiger partial charge in [0.1, 0.15) is 0 Å². The van der Waals surface area contributed by atoms with Gasteiger partial charge in [-0.1, -0.05) is 20.8 Å². The van der Waals surface area contributed by atoms with E-state index in [1.165, 1.54) is 5.57 Å². The SMILES string of the molecule is [CH-]=C(C)C=C(C)C.[Ti+2].c1cc[cH-]c1. The molecule has 0 spiro atoms. The van der Waals surface area contributed by atoms with E-state index in [0.717, 1.165) is 5.57 Å². The maximum Gasteiger partial charge on any atom is 2.00 e. The molecule has 1 aromatic rings. The van der Waals surface area contributed by atoms with Crippen LogP contribution in [0.1, 0.15) is 20.8 Å². The van der Waals surface area contributed by atoms with Crippen LogP contribution in [0.15, 0.2) is 47.6 Å². The monoisotopic (exact) mass is 208 g/mol. The summed E-state index contributed by atoms with van der Waals surface area (Å²) < 4.78 is 0. The summed E-state index contributed by atoms with van der Waals surface area (Å²) in [6.45, 7) is 11.3. The zero-order valence-electron chi connectivity index (χ0n) is 8.54. The van der Waals surface area contributed by atoms with E-state index in [9.17, 15) is 0 Å². The third-order valence-electron chi connectivity index (χ3n) is 1.07. The Labute approximate surface area is 96.6 Å². The van der Waals surface area contributed by atoms with Gasteiger partial charge in [-0.15, -0.1) is 0 Å². The zero-order valence-corrected chi connectivity index (χ0v) is 10.1. The molecule has 68 valence electrons. The third-order valence-corrected chi connectivity index (χ3v) is 1.07. The first-order chi connectivity index (χ1) is 5.63. The van der Waals surface area contributed by atoms with Crippen molar-refractivity contribution in [2.45, 2.75) is 20.8 Å². The van der Waals surface area contributed by atoms with Gasteiger partial charge in [-0.2, -0.15) is 23.8 Å². The van der Waals surface area contributed by atoms with Gasteiger partial charge in [-0.3, -0.25) is 6.58 Å². The molecule has 0 saturated heterocycles. The number of rotatable bonds is 1. The zero-order chi connectivity index (χ0) is 9.40. The molecule has 13 heavy (non-hydrogen) atoms. The summed E-state index contributed by atoms with van der Waals surface area (Å²) in [5.41, 5.74) is 2.13. The fraction of sp³-hybridized carbons (Fsp3) is 0.250. The third kappa shape index (κ3) is 14.4. The van der Waals surface area contributed by atoms with Crippen molar-refractivity contribution >= 4 is 0 Å². The van der Waals surface area contributed by atoms with Gasteiger partial charge in [-0.05, 0) is 0 Å². The van der Waals surface area contributed by atoms with Crippen molar-refractivity contribution in [1.82, 2.24) is 0 Å². The summed E-state index contributed by atoms with van der Waals surface area (Å²) in [5.74, 6) is 0. The maximum atomic E-state index is 5.33. The van der Waals surface area contributed by atoms with Crippen LogP contribution in [-0.4, -0.2) is 0 Å². The summed E-state index contributed by atoms with van der Waals surface area (Å²) in [5, 5.41) is 0. The van der Waals surface area contributed by atoms with Crippen LogP contribution in [-0.2, 0) is 21.7 Å². The van der Waals surface area contributed by atoms with E-state index >= 15 is 0 Å². The van der Waals surface area contributed by atoms with E-state index in [-0.39, 0.29) is 21.7 Å². The molecular weight excluding hydrogens is 192 g/mol. The van der Waals surface area contributed by atoms with Crippen molar-refractivity contribution in [2.75, 3.05) is 0 Å². The van der Waals surface area contributed by atoms with E-state index < -0.39 is 0 Å². The fourth-order valence-electron chi connectivity index (χ4n) is 0.776. The van der Waals surface area contributed by atoms with Crippen molar-refractivity contribution in [3.8, 4) is 0 Å². The molecule has 0 atom stereocenters. The summed E-state index contributed by atoms with van der Waals surface area (Å²) in [4.78, 5) is 0. The number of allylic oxidation sites excluding steroid dienone is 3. The largest absolute Gasteiger partial charge is 2.00 e. The summed E-state index contributed by atoms with van der Waals surface area (Å²) in [7, 11) is 0. The van der Waals surface area contributed by atoms with Crippen LogP contribution in [0.25, 0.3) is 0 Å². The first-order valence-corrected chi connectivity index (χ1v) is 4.03. The normalized spacial score (nSPS) is 7.31.